The summed E-state index contributed by atoms with van der Waals surface area (Å²) < 4.78 is 0. The summed E-state index contributed by atoms with van der Waals surface area (Å²) in [5.74, 6) is -1.02. The molecule has 1 unspecified atom stereocenters. The van der Waals surface area contributed by atoms with Crippen LogP contribution in [0, 0.1) is 0 Å². The molecule has 6 heteroatoms. The van der Waals surface area contributed by atoms with E-state index in [2.05, 4.69) is 0 Å². The van der Waals surface area contributed by atoms with E-state index in [9.17, 15) is 14.4 Å². The fourth-order valence-corrected chi connectivity index (χ4v) is 2.79. The average molecular weight is 318 g/mol. The molecular formula is C17H22N2O4. The molecule has 0 aliphatic carbocycles. The number of rotatable bonds is 7. The van der Waals surface area contributed by atoms with Crippen LogP contribution >= 0.6 is 0 Å². The molecule has 1 saturated heterocycles. The molecule has 0 saturated carbocycles. The van der Waals surface area contributed by atoms with E-state index < -0.39 is 12.0 Å². The number of carbonyl (C=O) groups excluding carboxylic acids is 2. The predicted molar refractivity (Wildman–Crippen MR) is 86.1 cm³/mol. The summed E-state index contributed by atoms with van der Waals surface area (Å²) in [5.41, 5.74) is 0.849. The minimum atomic E-state index is -0.852. The first-order valence-electron chi connectivity index (χ1n) is 7.84. The van der Waals surface area contributed by atoms with Gasteiger partial charge in [0.1, 0.15) is 6.04 Å². The Balaban J connectivity index is 1.88. The molecule has 2 amide bonds. The molecule has 2 rings (SSSR count). The van der Waals surface area contributed by atoms with Crippen LogP contribution in [0.4, 0.5) is 5.69 Å². The van der Waals surface area contributed by atoms with Gasteiger partial charge in [-0.05, 0) is 31.4 Å². The number of anilines is 1. The minimum absolute atomic E-state index is 0.0578. The maximum absolute atomic E-state index is 12.5. The second kappa shape index (κ2) is 7.76. The van der Waals surface area contributed by atoms with Crippen molar-refractivity contribution in [2.75, 3.05) is 18.5 Å². The van der Waals surface area contributed by atoms with E-state index in [-0.39, 0.29) is 24.7 Å². The van der Waals surface area contributed by atoms with Crippen molar-refractivity contribution >= 4 is 23.5 Å². The van der Waals surface area contributed by atoms with Gasteiger partial charge in [-0.2, -0.15) is 0 Å². The van der Waals surface area contributed by atoms with Crippen LogP contribution in [0.1, 0.15) is 32.1 Å². The largest absolute Gasteiger partial charge is 0.481 e. The second-order valence-electron chi connectivity index (χ2n) is 5.74. The van der Waals surface area contributed by atoms with Gasteiger partial charge < -0.3 is 14.9 Å². The molecule has 1 aromatic rings. The van der Waals surface area contributed by atoms with Crippen LogP contribution in [0.25, 0.3) is 0 Å². The summed E-state index contributed by atoms with van der Waals surface area (Å²) >= 11 is 0. The van der Waals surface area contributed by atoms with Gasteiger partial charge in [0.2, 0.25) is 11.8 Å². The van der Waals surface area contributed by atoms with Gasteiger partial charge in [0.25, 0.3) is 0 Å². The van der Waals surface area contributed by atoms with Gasteiger partial charge in [-0.3, -0.25) is 14.4 Å². The van der Waals surface area contributed by atoms with Gasteiger partial charge in [-0.15, -0.1) is 0 Å². The molecule has 0 radical (unpaired) electrons. The number of para-hydroxylation sites is 1. The SMILES string of the molecule is CN(C(=O)CCCCC(=O)O)C1CCN(c2ccccc2)C1=O. The number of nitrogens with zero attached hydrogens (tertiary/aromatic N) is 2. The van der Waals surface area contributed by atoms with Crippen molar-refractivity contribution in [1.82, 2.24) is 4.90 Å². The number of hydrogen-bond acceptors (Lipinski definition) is 3. The molecule has 1 heterocycles. The van der Waals surface area contributed by atoms with E-state index in [4.69, 9.17) is 5.11 Å². The van der Waals surface area contributed by atoms with Crippen LogP contribution in [0.5, 0.6) is 0 Å². The monoisotopic (exact) mass is 318 g/mol. The summed E-state index contributed by atoms with van der Waals surface area (Å²) in [7, 11) is 1.65. The third-order valence-corrected chi connectivity index (χ3v) is 4.14. The average Bonchev–Trinajstić information content (AvgIpc) is 2.93. The zero-order valence-corrected chi connectivity index (χ0v) is 13.3. The molecule has 6 nitrogen and oxygen atoms in total. The molecule has 23 heavy (non-hydrogen) atoms. The highest BCUT2D eigenvalue weighted by atomic mass is 16.4. The predicted octanol–water partition coefficient (Wildman–Crippen LogP) is 1.90. The van der Waals surface area contributed by atoms with Gasteiger partial charge in [-0.1, -0.05) is 18.2 Å². The fraction of sp³-hybridized carbons (Fsp3) is 0.471. The van der Waals surface area contributed by atoms with Crippen molar-refractivity contribution in [3.63, 3.8) is 0 Å². The molecule has 1 aliphatic heterocycles. The van der Waals surface area contributed by atoms with E-state index in [1.165, 1.54) is 4.90 Å². The van der Waals surface area contributed by atoms with Crippen molar-refractivity contribution in [2.24, 2.45) is 0 Å². The standard InChI is InChI=1S/C17H22N2O4/c1-18(15(20)9-5-6-10-16(21)22)14-11-12-19(17(14)23)13-7-3-2-4-8-13/h2-4,7-8,14H,5-6,9-12H2,1H3,(H,21,22). The zero-order chi connectivity index (χ0) is 16.8. The third-order valence-electron chi connectivity index (χ3n) is 4.14. The fourth-order valence-electron chi connectivity index (χ4n) is 2.79. The smallest absolute Gasteiger partial charge is 0.303 e. The molecule has 124 valence electrons. The molecule has 1 N–H and O–H groups in total. The number of carboxylic acids is 1. The third kappa shape index (κ3) is 4.31. The normalized spacial score (nSPS) is 17.3. The zero-order valence-electron chi connectivity index (χ0n) is 13.3. The Labute approximate surface area is 135 Å². The number of hydrogen-bond donors (Lipinski definition) is 1. The number of carbonyl (C=O) groups is 3. The highest BCUT2D eigenvalue weighted by Crippen LogP contribution is 2.24. The summed E-state index contributed by atoms with van der Waals surface area (Å²) in [6.45, 7) is 0.601. The lowest BCUT2D eigenvalue weighted by Crippen LogP contribution is -2.42. The summed E-state index contributed by atoms with van der Waals surface area (Å²) in [5, 5.41) is 8.59. The molecule has 1 aliphatic rings. The van der Waals surface area contributed by atoms with E-state index in [1.54, 1.807) is 11.9 Å². The Morgan fingerprint density at radius 3 is 2.52 bits per heavy atom. The highest BCUT2D eigenvalue weighted by Gasteiger charge is 2.36. The number of aliphatic carboxylic acids is 1. The van der Waals surface area contributed by atoms with Gasteiger partial charge >= 0.3 is 5.97 Å². The van der Waals surface area contributed by atoms with Crippen molar-refractivity contribution in [1.29, 1.82) is 0 Å². The van der Waals surface area contributed by atoms with Gasteiger partial charge in [-0.25, -0.2) is 0 Å². The molecule has 0 aromatic heterocycles. The summed E-state index contributed by atoms with van der Waals surface area (Å²) in [6.07, 6.45) is 1.97. The number of benzene rings is 1. The molecule has 0 bridgehead atoms. The van der Waals surface area contributed by atoms with Crippen molar-refractivity contribution in [2.45, 2.75) is 38.1 Å². The molecule has 1 aromatic carbocycles. The topological polar surface area (TPSA) is 77.9 Å². The van der Waals surface area contributed by atoms with Crippen LogP contribution in [0.15, 0.2) is 30.3 Å². The van der Waals surface area contributed by atoms with Crippen LogP contribution < -0.4 is 4.90 Å². The Kier molecular flexibility index (Phi) is 5.73. The molecule has 1 atom stereocenters. The lowest BCUT2D eigenvalue weighted by atomic mass is 10.1. The Hall–Kier alpha value is -2.37. The molecular weight excluding hydrogens is 296 g/mol. The number of likely N-dealkylation sites (N-methyl/N-ethyl adjacent to an activating group) is 1. The summed E-state index contributed by atoms with van der Waals surface area (Å²) in [6, 6.07) is 9.00. The van der Waals surface area contributed by atoms with Crippen LogP contribution in [-0.4, -0.2) is 47.4 Å². The quantitative estimate of drug-likeness (QED) is 0.779. The van der Waals surface area contributed by atoms with E-state index in [1.807, 2.05) is 30.3 Å². The lowest BCUT2D eigenvalue weighted by Gasteiger charge is -2.24. The first-order chi connectivity index (χ1) is 11.0. The first-order valence-corrected chi connectivity index (χ1v) is 7.84. The maximum atomic E-state index is 12.5. The van der Waals surface area contributed by atoms with Gasteiger partial charge in [0.05, 0.1) is 0 Å². The van der Waals surface area contributed by atoms with E-state index in [0.717, 1.165) is 5.69 Å². The number of unbranched alkanes of at least 4 members (excludes halogenated alkanes) is 1. The lowest BCUT2D eigenvalue weighted by molar-refractivity contribution is -0.138. The van der Waals surface area contributed by atoms with Crippen LogP contribution in [0.3, 0.4) is 0 Å². The van der Waals surface area contributed by atoms with E-state index >= 15 is 0 Å². The Morgan fingerprint density at radius 1 is 1.22 bits per heavy atom. The van der Waals surface area contributed by atoms with Crippen molar-refractivity contribution < 1.29 is 19.5 Å². The van der Waals surface area contributed by atoms with Crippen molar-refractivity contribution in [3.8, 4) is 0 Å². The van der Waals surface area contributed by atoms with Gasteiger partial charge in [0.15, 0.2) is 0 Å². The molecule has 0 spiro atoms. The van der Waals surface area contributed by atoms with Crippen LogP contribution in [-0.2, 0) is 14.4 Å². The summed E-state index contributed by atoms with van der Waals surface area (Å²) in [4.78, 5) is 38.4. The van der Waals surface area contributed by atoms with Crippen molar-refractivity contribution in [3.05, 3.63) is 30.3 Å². The Morgan fingerprint density at radius 2 is 1.87 bits per heavy atom. The van der Waals surface area contributed by atoms with Crippen LogP contribution in [0.2, 0.25) is 0 Å². The minimum Gasteiger partial charge on any atom is -0.481 e. The highest BCUT2D eigenvalue weighted by molar-refractivity contribution is 6.01. The molecule has 1 fully saturated rings. The second-order valence-corrected chi connectivity index (χ2v) is 5.74. The van der Waals surface area contributed by atoms with E-state index in [0.29, 0.717) is 25.8 Å². The number of amides is 2. The van der Waals surface area contributed by atoms with Gasteiger partial charge in [0, 0.05) is 32.1 Å². The number of carboxylic acid groups (broad SMARTS) is 1. The first kappa shape index (κ1) is 17.0. The maximum Gasteiger partial charge on any atom is 0.303 e. The Bertz CT molecular complexity index is 573.